The van der Waals surface area contributed by atoms with Crippen molar-refractivity contribution in [1.29, 1.82) is 0 Å². The zero-order chi connectivity index (χ0) is 19.2. The summed E-state index contributed by atoms with van der Waals surface area (Å²) in [6.45, 7) is 10.4. The molecule has 0 spiro atoms. The average molecular weight is 465 g/mol. The van der Waals surface area contributed by atoms with E-state index in [1.54, 1.807) is 8.87 Å². The number of allylic oxidation sites excluding steroid dienone is 1. The van der Waals surface area contributed by atoms with Crippen LogP contribution < -0.4 is 5.11 Å². The molecule has 0 bridgehead atoms. The standard InChI is InChI=1S/C6H12.C4H6O4S.2C4H9.Sn/c1-3-5-6-4-2;5-2(4(8)9)1-3(6)7;2*1-3-4-2;/h3H,1,4-6H2,2H3;2,5H,1H2,(H,6,7)(H,8,9);2*1,3-4H2,2H3;/q;;;;+2/p-2. The second-order valence-electron chi connectivity index (χ2n) is 5.30. The Hall–Kier alpha value is -0.141. The zero-order valence-corrected chi connectivity index (χ0v) is 19.2. The summed E-state index contributed by atoms with van der Waals surface area (Å²) in [5.41, 5.74) is 0. The molecule has 1 atom stereocenters. The monoisotopic (exact) mass is 466 g/mol. The van der Waals surface area contributed by atoms with Crippen LogP contribution in [-0.4, -0.2) is 43.4 Å². The maximum atomic E-state index is 9.95. The molecule has 1 N–H and O–H groups in total. The number of aliphatic hydroxyl groups is 1. The van der Waals surface area contributed by atoms with Gasteiger partial charge in [0, 0.05) is 17.5 Å². The van der Waals surface area contributed by atoms with E-state index in [1.807, 2.05) is 6.08 Å². The number of carboxylic acid groups (broad SMARTS) is 1. The van der Waals surface area contributed by atoms with Crippen molar-refractivity contribution < 1.29 is 19.8 Å². The molecule has 0 aliphatic rings. The smallest absolute Gasteiger partial charge is 0.0958 e. The molecule has 24 heavy (non-hydrogen) atoms. The van der Waals surface area contributed by atoms with Crippen molar-refractivity contribution in [3.05, 3.63) is 12.7 Å². The van der Waals surface area contributed by atoms with Gasteiger partial charge in [0.2, 0.25) is 0 Å². The van der Waals surface area contributed by atoms with Crippen molar-refractivity contribution in [3.63, 3.8) is 0 Å². The number of carboxylic acids is 1. The van der Waals surface area contributed by atoms with Gasteiger partial charge in [0.15, 0.2) is 0 Å². The van der Waals surface area contributed by atoms with Gasteiger partial charge < -0.3 is 32.4 Å². The minimum absolute atomic E-state index is 0.149. The van der Waals surface area contributed by atoms with E-state index >= 15 is 0 Å². The summed E-state index contributed by atoms with van der Waals surface area (Å²) < 4.78 is 3.25. The van der Waals surface area contributed by atoms with Gasteiger partial charge in [0.25, 0.3) is 0 Å². The molecule has 0 aliphatic carbocycles. The number of aliphatic carboxylic acids is 1. The van der Waals surface area contributed by atoms with E-state index < -0.39 is 23.6 Å². The third-order valence-corrected chi connectivity index (χ3v) is 7.12. The van der Waals surface area contributed by atoms with Gasteiger partial charge in [-0.1, -0.05) is 25.8 Å². The fourth-order valence-electron chi connectivity index (χ4n) is 1.32. The van der Waals surface area contributed by atoms with E-state index in [9.17, 15) is 14.7 Å². The minimum Gasteiger partial charge on any atom is -0.739 e. The summed E-state index contributed by atoms with van der Waals surface area (Å²) >= 11 is 4.09. The Balaban J connectivity index is -0.000000282. The van der Waals surface area contributed by atoms with Crippen LogP contribution in [0, 0.1) is 0 Å². The molecule has 0 aromatic heterocycles. The second kappa shape index (κ2) is 25.1. The molecule has 0 saturated heterocycles. The summed E-state index contributed by atoms with van der Waals surface area (Å²) in [4.78, 5) is 19.6. The summed E-state index contributed by atoms with van der Waals surface area (Å²) in [5, 5.41) is 17.1. The van der Waals surface area contributed by atoms with Crippen molar-refractivity contribution in [2.24, 2.45) is 0 Å². The molecule has 0 amide bonds. The molecule has 0 rings (SSSR count). The molecule has 0 aliphatic heterocycles. The Morgan fingerprint density at radius 2 is 1.58 bits per heavy atom. The number of aliphatic hydroxyl groups excluding tert-OH is 1. The molecule has 0 radical (unpaired) electrons. The largest absolute Gasteiger partial charge is 0.739 e. The number of carbonyl (C=O) groups is 2. The molecule has 0 aromatic carbocycles. The van der Waals surface area contributed by atoms with Gasteiger partial charge >= 0.3 is 69.5 Å². The van der Waals surface area contributed by atoms with E-state index in [4.69, 9.17) is 5.11 Å². The van der Waals surface area contributed by atoms with Crippen molar-refractivity contribution in [2.75, 3.05) is 0 Å². The maximum Gasteiger partial charge on any atom is 0.0958 e. The van der Waals surface area contributed by atoms with Crippen LogP contribution in [0.3, 0.4) is 0 Å². The molecule has 0 saturated carbocycles. The molecule has 6 heteroatoms. The van der Waals surface area contributed by atoms with Gasteiger partial charge in [-0.05, 0) is 6.42 Å². The van der Waals surface area contributed by atoms with Crippen LogP contribution in [0.4, 0.5) is 0 Å². The molecule has 0 aromatic rings. The van der Waals surface area contributed by atoms with E-state index in [0.717, 1.165) is 0 Å². The van der Waals surface area contributed by atoms with Gasteiger partial charge in [-0.2, -0.15) is 0 Å². The quantitative estimate of drug-likeness (QED) is 0.208. The average Bonchev–Trinajstić information content (AvgIpc) is 2.53. The van der Waals surface area contributed by atoms with Crippen molar-refractivity contribution in [2.45, 2.75) is 87.1 Å². The minimum atomic E-state index is -1.59. The molecular formula is C18H34O4SSn. The van der Waals surface area contributed by atoms with Gasteiger partial charge in [-0.25, -0.2) is 0 Å². The van der Waals surface area contributed by atoms with E-state index in [2.05, 4.69) is 40.0 Å². The predicted molar refractivity (Wildman–Crippen MR) is 103 cm³/mol. The van der Waals surface area contributed by atoms with Crippen LogP contribution in [0.15, 0.2) is 12.7 Å². The number of rotatable bonds is 12. The fraction of sp³-hybridized carbons (Fsp3) is 0.778. The van der Waals surface area contributed by atoms with Crippen molar-refractivity contribution in [3.8, 4) is 0 Å². The SMILES string of the molecule is C=CCCCC.CCC[CH2][Sn+2][CH2]CCC.O=C([O-])CC(O)C(=O)[S-]. The number of hydrogen-bond donors (Lipinski definition) is 1. The Kier molecular flexibility index (Phi) is 30.0. The van der Waals surface area contributed by atoms with Gasteiger partial charge in [-0.3, -0.25) is 0 Å². The Morgan fingerprint density at radius 3 is 1.79 bits per heavy atom. The Labute approximate surface area is 164 Å². The fourth-order valence-corrected chi connectivity index (χ4v) is 5.56. The third-order valence-electron chi connectivity index (χ3n) is 2.81. The number of carbonyl (C=O) groups excluding carboxylic acids is 2. The first-order valence-corrected chi connectivity index (χ1v) is 13.2. The van der Waals surface area contributed by atoms with Gasteiger partial charge in [0.1, 0.15) is 0 Å². The first kappa shape index (κ1) is 28.7. The molecule has 140 valence electrons. The molecule has 0 fully saturated rings. The van der Waals surface area contributed by atoms with Crippen LogP contribution in [0.1, 0.15) is 72.1 Å². The van der Waals surface area contributed by atoms with E-state index in [1.165, 1.54) is 44.9 Å². The van der Waals surface area contributed by atoms with Crippen LogP contribution in [-0.2, 0) is 22.2 Å². The molecule has 1 unspecified atom stereocenters. The second-order valence-corrected chi connectivity index (χ2v) is 9.98. The van der Waals surface area contributed by atoms with Crippen LogP contribution in [0.2, 0.25) is 8.87 Å². The third kappa shape index (κ3) is 33.5. The maximum absolute atomic E-state index is 9.95. The predicted octanol–water partition coefficient (Wildman–Crippen LogP) is 3.05. The van der Waals surface area contributed by atoms with Crippen molar-refractivity contribution in [1.82, 2.24) is 0 Å². The van der Waals surface area contributed by atoms with E-state index in [0.29, 0.717) is 0 Å². The summed E-state index contributed by atoms with van der Waals surface area (Å²) in [6, 6.07) is 0. The first-order chi connectivity index (χ1) is 11.4. The van der Waals surface area contributed by atoms with Gasteiger partial charge in [-0.15, -0.1) is 6.58 Å². The van der Waals surface area contributed by atoms with Crippen LogP contribution >= 0.6 is 0 Å². The van der Waals surface area contributed by atoms with Gasteiger partial charge in [0.05, 0.1) is 6.10 Å². The zero-order valence-electron chi connectivity index (χ0n) is 15.5. The summed E-state index contributed by atoms with van der Waals surface area (Å²) in [6.07, 6.45) is 9.24. The van der Waals surface area contributed by atoms with E-state index in [-0.39, 0.29) is 21.1 Å². The Morgan fingerprint density at radius 1 is 1.12 bits per heavy atom. The topological polar surface area (TPSA) is 77.4 Å². The Bertz CT molecular complexity index is 293. The normalized spacial score (nSPS) is 10.2. The molecule has 0 heterocycles. The molecular weight excluding hydrogens is 431 g/mol. The summed E-state index contributed by atoms with van der Waals surface area (Å²) in [7, 11) is 0. The van der Waals surface area contributed by atoms with Crippen LogP contribution in [0.5, 0.6) is 0 Å². The molecule has 4 nitrogen and oxygen atoms in total. The first-order valence-electron chi connectivity index (χ1n) is 8.77. The summed E-state index contributed by atoms with van der Waals surface area (Å²) in [5.74, 6) is -1.49. The number of unbranched alkanes of at least 4 members (excludes halogenated alkanes) is 4. The van der Waals surface area contributed by atoms with Crippen molar-refractivity contribution >= 4 is 44.9 Å². The number of hydrogen-bond acceptors (Lipinski definition) is 5. The van der Waals surface area contributed by atoms with Crippen LogP contribution in [0.25, 0.3) is 0 Å².